The van der Waals surface area contributed by atoms with E-state index in [1.54, 1.807) is 13.0 Å². The Labute approximate surface area is 249 Å². The van der Waals surface area contributed by atoms with Gasteiger partial charge in [0.2, 0.25) is 0 Å². The van der Waals surface area contributed by atoms with Gasteiger partial charge >= 0.3 is 23.9 Å². The van der Waals surface area contributed by atoms with Gasteiger partial charge in [-0.25, -0.2) is 4.79 Å². The molecule has 9 heteroatoms. The Hall–Kier alpha value is -2.42. The maximum Gasteiger partial charge on any atom is 0.331 e. The van der Waals surface area contributed by atoms with Crippen molar-refractivity contribution in [3.63, 3.8) is 0 Å². The van der Waals surface area contributed by atoms with Crippen LogP contribution in [0.4, 0.5) is 0 Å². The minimum absolute atomic E-state index is 0.0433. The van der Waals surface area contributed by atoms with E-state index in [1.165, 1.54) is 26.8 Å². The first-order valence-corrected chi connectivity index (χ1v) is 15.4. The lowest BCUT2D eigenvalue weighted by atomic mass is 9.34. The van der Waals surface area contributed by atoms with Crippen LogP contribution >= 0.6 is 0 Å². The Balaban J connectivity index is 1.67. The lowest BCUT2D eigenvalue weighted by Crippen LogP contribution is -2.72. The molecule has 0 saturated heterocycles. The Kier molecular flexibility index (Phi) is 7.04. The van der Waals surface area contributed by atoms with Gasteiger partial charge in [-0.15, -0.1) is 0 Å². The van der Waals surface area contributed by atoms with Crippen molar-refractivity contribution in [2.24, 2.45) is 39.4 Å². The summed E-state index contributed by atoms with van der Waals surface area (Å²) < 4.78 is 23.9. The van der Waals surface area contributed by atoms with Crippen molar-refractivity contribution in [1.29, 1.82) is 0 Å². The van der Waals surface area contributed by atoms with E-state index in [0.29, 0.717) is 12.8 Å². The Morgan fingerprint density at radius 1 is 0.786 bits per heavy atom. The van der Waals surface area contributed by atoms with Crippen molar-refractivity contribution in [2.75, 3.05) is 0 Å². The molecule has 234 valence electrons. The van der Waals surface area contributed by atoms with Gasteiger partial charge < -0.3 is 24.1 Å². The van der Waals surface area contributed by atoms with E-state index in [4.69, 9.17) is 18.9 Å². The van der Waals surface area contributed by atoms with Gasteiger partial charge in [0.1, 0.15) is 23.9 Å². The molecule has 0 radical (unpaired) electrons. The molecule has 11 atom stereocenters. The lowest BCUT2D eigenvalue weighted by molar-refractivity contribution is -0.289. The van der Waals surface area contributed by atoms with Crippen LogP contribution in [0.1, 0.15) is 101 Å². The second-order valence-electron chi connectivity index (χ2n) is 15.2. The number of esters is 4. The van der Waals surface area contributed by atoms with Crippen molar-refractivity contribution in [2.45, 2.75) is 130 Å². The van der Waals surface area contributed by atoms with Gasteiger partial charge in [0.05, 0.1) is 0 Å². The van der Waals surface area contributed by atoms with E-state index in [1.807, 2.05) is 0 Å². The first-order valence-electron chi connectivity index (χ1n) is 15.4. The number of rotatable bonds is 4. The molecule has 4 fully saturated rings. The van der Waals surface area contributed by atoms with Gasteiger partial charge in [-0.1, -0.05) is 34.6 Å². The van der Waals surface area contributed by atoms with Gasteiger partial charge in [-0.2, -0.15) is 0 Å². The largest absolute Gasteiger partial charge is 0.462 e. The highest BCUT2D eigenvalue weighted by Crippen LogP contribution is 2.77. The maximum atomic E-state index is 12.7. The van der Waals surface area contributed by atoms with Crippen molar-refractivity contribution in [1.82, 2.24) is 0 Å². The minimum Gasteiger partial charge on any atom is -0.462 e. The van der Waals surface area contributed by atoms with Crippen LogP contribution in [0.15, 0.2) is 12.2 Å². The lowest BCUT2D eigenvalue weighted by Gasteiger charge is -2.71. The summed E-state index contributed by atoms with van der Waals surface area (Å²) in [5.74, 6) is -1.95. The number of cyclic esters (lactones) is 1. The first kappa shape index (κ1) is 31.0. The summed E-state index contributed by atoms with van der Waals surface area (Å²) >= 11 is 0. The van der Waals surface area contributed by atoms with Crippen LogP contribution in [0, 0.1) is 39.4 Å². The van der Waals surface area contributed by atoms with Crippen LogP contribution in [-0.4, -0.2) is 58.5 Å². The molecule has 0 aromatic rings. The van der Waals surface area contributed by atoms with Gasteiger partial charge in [0.25, 0.3) is 0 Å². The van der Waals surface area contributed by atoms with Crippen LogP contribution < -0.4 is 0 Å². The Bertz CT molecular complexity index is 1220. The van der Waals surface area contributed by atoms with Crippen molar-refractivity contribution < 1.29 is 43.2 Å². The zero-order valence-electron chi connectivity index (χ0n) is 26.6. The van der Waals surface area contributed by atoms with Crippen LogP contribution in [0.3, 0.4) is 0 Å². The molecule has 0 aromatic carbocycles. The third-order valence-electron chi connectivity index (χ3n) is 13.1. The SMILES string of the molecule is CC(=O)O[C@H]1CC[C@@]2(C)[C@H](C[C@H](OC(C)=O)[C@]3(C)[C@@H]2CC[C@H]2[C@@]3(C)[C@H](OC(C)=O)C[C@]2(O)[C@]2(C)C=CC(=O)O2)C1(C)C. The topological polar surface area (TPSA) is 125 Å². The standard InChI is InChI=1S/C33H48O9/c1-18(34)39-24-12-14-29(6)21-10-11-22-32(9,31(21,8)25(40-19(2)35)16-23(29)28(24,4)5)26(41-20(3)36)17-33(22,38)30(7)15-13-27(37)42-30/h13,15,21-26,38H,10-12,14,16-17H2,1-9H3/t21-,22+,23-,24+,25+,26-,29-,30+,31+,32+,33-/m1/s1. The number of aliphatic hydroxyl groups is 1. The van der Waals surface area contributed by atoms with E-state index >= 15 is 0 Å². The molecule has 1 N–H and O–H groups in total. The second-order valence-corrected chi connectivity index (χ2v) is 15.2. The minimum atomic E-state index is -1.51. The fraction of sp³-hybridized carbons (Fsp3) is 0.818. The van der Waals surface area contributed by atoms with Crippen molar-refractivity contribution in [3.8, 4) is 0 Å². The average molecular weight is 589 g/mol. The van der Waals surface area contributed by atoms with Gasteiger partial charge in [0, 0.05) is 55.4 Å². The normalized spacial score (nSPS) is 48.8. The molecule has 1 heterocycles. The summed E-state index contributed by atoms with van der Waals surface area (Å²) in [7, 11) is 0. The van der Waals surface area contributed by atoms with E-state index in [-0.39, 0.29) is 41.2 Å². The van der Waals surface area contributed by atoms with E-state index in [0.717, 1.165) is 19.3 Å². The molecule has 0 unspecified atom stereocenters. The molecule has 1 aliphatic heterocycles. The summed E-state index contributed by atoms with van der Waals surface area (Å²) in [5, 5.41) is 12.6. The third-order valence-corrected chi connectivity index (χ3v) is 13.1. The molecule has 5 aliphatic rings. The molecule has 9 nitrogen and oxygen atoms in total. The molecular formula is C33H48O9. The van der Waals surface area contributed by atoms with Gasteiger partial charge in [0.15, 0.2) is 5.60 Å². The smallest absolute Gasteiger partial charge is 0.331 e. The van der Waals surface area contributed by atoms with Crippen molar-refractivity contribution in [3.05, 3.63) is 12.2 Å². The number of ether oxygens (including phenoxy) is 4. The summed E-state index contributed by atoms with van der Waals surface area (Å²) in [6.45, 7) is 16.8. The van der Waals surface area contributed by atoms with Gasteiger partial charge in [-0.05, 0) is 62.4 Å². The summed E-state index contributed by atoms with van der Waals surface area (Å²) in [6, 6.07) is 0. The summed E-state index contributed by atoms with van der Waals surface area (Å²) in [5.41, 5.74) is -4.92. The molecule has 0 aromatic heterocycles. The number of carbonyl (C=O) groups is 4. The zero-order valence-corrected chi connectivity index (χ0v) is 26.6. The summed E-state index contributed by atoms with van der Waals surface area (Å²) in [4.78, 5) is 49.6. The molecule has 4 aliphatic carbocycles. The van der Waals surface area contributed by atoms with Gasteiger partial charge in [-0.3, -0.25) is 14.4 Å². The molecule has 0 amide bonds. The second kappa shape index (κ2) is 9.54. The molecule has 4 saturated carbocycles. The summed E-state index contributed by atoms with van der Waals surface area (Å²) in [6.07, 6.45) is 5.03. The van der Waals surface area contributed by atoms with Crippen LogP contribution in [0.25, 0.3) is 0 Å². The monoisotopic (exact) mass is 588 g/mol. The highest BCUT2D eigenvalue weighted by atomic mass is 16.6. The molecule has 0 bridgehead atoms. The Morgan fingerprint density at radius 2 is 1.31 bits per heavy atom. The molecule has 0 spiro atoms. The first-order chi connectivity index (χ1) is 19.3. The molecule has 42 heavy (non-hydrogen) atoms. The fourth-order valence-corrected chi connectivity index (χ4v) is 11.2. The molecule has 5 rings (SSSR count). The number of fused-ring (bicyclic) bond motifs is 5. The highest BCUT2D eigenvalue weighted by molar-refractivity contribution is 5.85. The fourth-order valence-electron chi connectivity index (χ4n) is 11.2. The van der Waals surface area contributed by atoms with E-state index in [9.17, 15) is 24.3 Å². The van der Waals surface area contributed by atoms with Crippen molar-refractivity contribution >= 4 is 23.9 Å². The Morgan fingerprint density at radius 3 is 1.86 bits per heavy atom. The number of hydrogen-bond donors (Lipinski definition) is 1. The average Bonchev–Trinajstić information content (AvgIpc) is 3.33. The maximum absolute atomic E-state index is 12.7. The highest BCUT2D eigenvalue weighted by Gasteiger charge is 2.80. The van der Waals surface area contributed by atoms with Crippen LogP contribution in [0.2, 0.25) is 0 Å². The quantitative estimate of drug-likeness (QED) is 0.368. The van der Waals surface area contributed by atoms with E-state index in [2.05, 4.69) is 34.6 Å². The third kappa shape index (κ3) is 3.97. The predicted molar refractivity (Wildman–Crippen MR) is 152 cm³/mol. The number of hydrogen-bond acceptors (Lipinski definition) is 9. The number of carbonyl (C=O) groups excluding carboxylic acids is 4. The van der Waals surface area contributed by atoms with Crippen LogP contribution in [-0.2, 0) is 38.1 Å². The molecular weight excluding hydrogens is 540 g/mol. The zero-order chi connectivity index (χ0) is 31.3. The van der Waals surface area contributed by atoms with Crippen LogP contribution in [0.5, 0.6) is 0 Å². The predicted octanol–water partition coefficient (Wildman–Crippen LogP) is 4.67. The van der Waals surface area contributed by atoms with E-state index < -0.39 is 58.1 Å².